The number of H-pyrrole nitrogens is 1. The number of aromatic hydroxyl groups is 1. The number of amides is 1. The van der Waals surface area contributed by atoms with E-state index in [4.69, 9.17) is 11.6 Å². The molecule has 3 N–H and O–H groups in total. The smallest absolute Gasteiger partial charge is 0.255 e. The highest BCUT2D eigenvalue weighted by Crippen LogP contribution is 2.39. The zero-order valence-corrected chi connectivity index (χ0v) is 20.3. The van der Waals surface area contributed by atoms with E-state index in [2.05, 4.69) is 9.71 Å². The monoisotopic (exact) mass is 479 g/mol. The van der Waals surface area contributed by atoms with E-state index < -0.39 is 16.1 Å². The molecule has 1 aromatic heterocycles. The van der Waals surface area contributed by atoms with Crippen molar-refractivity contribution in [3.8, 4) is 5.75 Å². The van der Waals surface area contributed by atoms with Crippen LogP contribution >= 0.6 is 11.6 Å². The van der Waals surface area contributed by atoms with E-state index in [-0.39, 0.29) is 29.2 Å². The van der Waals surface area contributed by atoms with E-state index >= 15 is 0 Å². The van der Waals surface area contributed by atoms with Gasteiger partial charge < -0.3 is 19.5 Å². The van der Waals surface area contributed by atoms with Crippen LogP contribution in [0.2, 0.25) is 5.02 Å². The first-order valence-corrected chi connectivity index (χ1v) is 12.1. The Kier molecular flexibility index (Phi) is 7.60. The van der Waals surface area contributed by atoms with Crippen LogP contribution in [0.1, 0.15) is 61.1 Å². The molecule has 2 unspecified atom stereocenters. The molecular weight excluding hydrogens is 450 g/mol. The van der Waals surface area contributed by atoms with Crippen LogP contribution in [0, 0.1) is 12.8 Å². The third-order valence-electron chi connectivity index (χ3n) is 5.76. The molecule has 1 fully saturated rings. The van der Waals surface area contributed by atoms with Crippen LogP contribution in [-0.4, -0.2) is 43.3 Å². The Balaban J connectivity index is 1.80. The van der Waals surface area contributed by atoms with E-state index in [0.29, 0.717) is 42.1 Å². The Morgan fingerprint density at radius 3 is 2.53 bits per heavy atom. The van der Waals surface area contributed by atoms with Crippen LogP contribution in [0.25, 0.3) is 0 Å². The third-order valence-corrected chi connectivity index (χ3v) is 7.75. The highest BCUT2D eigenvalue weighted by Gasteiger charge is 2.37. The van der Waals surface area contributed by atoms with Crippen LogP contribution in [0.4, 0.5) is 0 Å². The van der Waals surface area contributed by atoms with Crippen molar-refractivity contribution in [1.82, 2.24) is 14.6 Å². The van der Waals surface area contributed by atoms with E-state index in [1.165, 1.54) is 18.3 Å². The SMILES string of the molecule is Cc1cc(O)c(C(N[S+]([O-])C(C)(C)C)C2CCN(C(=O)c3ccc(=O)[nH]c3)CC2)cc1Cl. The first kappa shape index (κ1) is 24.6. The number of carbonyl (C=O) groups excluding carboxylic acids is 1. The molecule has 3 rings (SSSR count). The lowest BCUT2D eigenvalue weighted by Crippen LogP contribution is -2.46. The number of aromatic nitrogens is 1. The summed E-state index contributed by atoms with van der Waals surface area (Å²) < 4.78 is 15.7. The number of halogens is 1. The molecule has 0 saturated carbocycles. The van der Waals surface area contributed by atoms with Crippen molar-refractivity contribution in [2.45, 2.75) is 51.3 Å². The summed E-state index contributed by atoms with van der Waals surface area (Å²) >= 11 is 4.99. The van der Waals surface area contributed by atoms with E-state index in [1.807, 2.05) is 27.7 Å². The third kappa shape index (κ3) is 5.67. The van der Waals surface area contributed by atoms with Gasteiger partial charge in [-0.05, 0) is 70.2 Å². The molecule has 1 saturated heterocycles. The van der Waals surface area contributed by atoms with Gasteiger partial charge in [0, 0.05) is 47.3 Å². The van der Waals surface area contributed by atoms with Gasteiger partial charge in [-0.15, -0.1) is 4.72 Å². The lowest BCUT2D eigenvalue weighted by Gasteiger charge is -2.38. The number of nitrogens with one attached hydrogen (secondary N) is 2. The Hall–Kier alpha value is -2.00. The molecule has 1 aliphatic heterocycles. The maximum absolute atomic E-state index is 12.9. The molecular formula is C23H30ClN3O4S. The van der Waals surface area contributed by atoms with Gasteiger partial charge in [-0.2, -0.15) is 0 Å². The van der Waals surface area contributed by atoms with E-state index in [0.717, 1.165) is 5.56 Å². The summed E-state index contributed by atoms with van der Waals surface area (Å²) in [5.41, 5.74) is 1.57. The predicted octanol–water partition coefficient (Wildman–Crippen LogP) is 3.69. The van der Waals surface area contributed by atoms with Crippen LogP contribution in [-0.2, 0) is 11.4 Å². The molecule has 2 heterocycles. The molecule has 32 heavy (non-hydrogen) atoms. The average Bonchev–Trinajstić information content (AvgIpc) is 2.74. The summed E-state index contributed by atoms with van der Waals surface area (Å²) in [6.07, 6.45) is 2.76. The van der Waals surface area contributed by atoms with Crippen molar-refractivity contribution >= 4 is 28.9 Å². The molecule has 174 valence electrons. The maximum Gasteiger partial charge on any atom is 0.255 e. The highest BCUT2D eigenvalue weighted by molar-refractivity contribution is 7.90. The van der Waals surface area contributed by atoms with Gasteiger partial charge in [0.1, 0.15) is 10.5 Å². The van der Waals surface area contributed by atoms with Crippen LogP contribution in [0.15, 0.2) is 35.3 Å². The van der Waals surface area contributed by atoms with Crippen molar-refractivity contribution in [1.29, 1.82) is 0 Å². The molecule has 2 atom stereocenters. The molecule has 2 aromatic rings. The van der Waals surface area contributed by atoms with Crippen molar-refractivity contribution in [2.24, 2.45) is 5.92 Å². The summed E-state index contributed by atoms with van der Waals surface area (Å²) in [7, 11) is 0. The van der Waals surface area contributed by atoms with Crippen LogP contribution < -0.4 is 10.3 Å². The van der Waals surface area contributed by atoms with Gasteiger partial charge in [0.25, 0.3) is 5.91 Å². The van der Waals surface area contributed by atoms with Gasteiger partial charge in [-0.1, -0.05) is 11.6 Å². The van der Waals surface area contributed by atoms with E-state index in [9.17, 15) is 19.2 Å². The molecule has 0 spiro atoms. The quantitative estimate of drug-likeness (QED) is 0.567. The lowest BCUT2D eigenvalue weighted by molar-refractivity contribution is 0.0673. The van der Waals surface area contributed by atoms with Gasteiger partial charge in [-0.25, -0.2) is 0 Å². The van der Waals surface area contributed by atoms with Gasteiger partial charge in [0.15, 0.2) is 0 Å². The Morgan fingerprint density at radius 1 is 1.31 bits per heavy atom. The second kappa shape index (κ2) is 9.87. The Labute approximate surface area is 196 Å². The normalized spacial score (nSPS) is 17.2. The number of nitrogens with zero attached hydrogens (tertiary/aromatic N) is 1. The summed E-state index contributed by atoms with van der Waals surface area (Å²) in [6, 6.07) is 5.85. The summed E-state index contributed by atoms with van der Waals surface area (Å²) in [5.74, 6) is 0.0244. The number of rotatable bonds is 5. The number of aromatic amines is 1. The fourth-order valence-electron chi connectivity index (χ4n) is 3.80. The lowest BCUT2D eigenvalue weighted by atomic mass is 9.85. The fraction of sp³-hybridized carbons (Fsp3) is 0.478. The summed E-state index contributed by atoms with van der Waals surface area (Å²) in [6.45, 7) is 8.52. The second-order valence-corrected chi connectivity index (χ2v) is 11.6. The fourth-order valence-corrected chi connectivity index (χ4v) is 4.87. The van der Waals surface area contributed by atoms with Crippen molar-refractivity contribution in [2.75, 3.05) is 13.1 Å². The maximum atomic E-state index is 12.9. The Bertz CT molecular complexity index is 1010. The molecule has 7 nitrogen and oxygen atoms in total. The number of phenolic OH excluding ortho intramolecular Hbond substituents is 1. The molecule has 1 aromatic carbocycles. The second-order valence-electron chi connectivity index (χ2n) is 9.21. The molecule has 0 aliphatic carbocycles. The van der Waals surface area contributed by atoms with Crippen molar-refractivity contribution in [3.63, 3.8) is 0 Å². The largest absolute Gasteiger partial charge is 0.598 e. The van der Waals surface area contributed by atoms with Crippen molar-refractivity contribution in [3.05, 3.63) is 62.5 Å². The number of aryl methyl sites for hydroxylation is 1. The number of benzene rings is 1. The highest BCUT2D eigenvalue weighted by atomic mass is 35.5. The first-order chi connectivity index (χ1) is 15.0. The standard InChI is InChI=1S/C23H30ClN3O4S/c1-14-11-19(28)17(12-18(14)24)21(26-32(31)23(2,3)4)15-7-9-27(10-8-15)22(30)16-5-6-20(29)25-13-16/h5-6,11-13,15,21,26,28H,7-10H2,1-4H3,(H,25,29). The number of likely N-dealkylation sites (tertiary alicyclic amines) is 1. The van der Waals surface area contributed by atoms with Gasteiger partial charge >= 0.3 is 0 Å². The number of carbonyl (C=O) groups is 1. The topological polar surface area (TPSA) is 108 Å². The minimum Gasteiger partial charge on any atom is -0.598 e. The van der Waals surface area contributed by atoms with Gasteiger partial charge in [-0.3, -0.25) is 9.59 Å². The first-order valence-electron chi connectivity index (χ1n) is 10.6. The Morgan fingerprint density at radius 2 is 1.97 bits per heavy atom. The van der Waals surface area contributed by atoms with Crippen molar-refractivity contribution < 1.29 is 14.5 Å². The number of piperidine rings is 1. The van der Waals surface area contributed by atoms with Gasteiger partial charge in [0.05, 0.1) is 11.6 Å². The predicted molar refractivity (Wildman–Crippen MR) is 127 cm³/mol. The molecule has 1 aliphatic rings. The van der Waals surface area contributed by atoms with Crippen LogP contribution in [0.3, 0.4) is 0 Å². The zero-order valence-electron chi connectivity index (χ0n) is 18.8. The van der Waals surface area contributed by atoms with Gasteiger partial charge in [0.2, 0.25) is 5.56 Å². The number of pyridine rings is 1. The number of hydrogen-bond donors (Lipinski definition) is 3. The summed E-state index contributed by atoms with van der Waals surface area (Å²) in [4.78, 5) is 28.3. The van der Waals surface area contributed by atoms with E-state index in [1.54, 1.807) is 17.0 Å². The average molecular weight is 480 g/mol. The molecule has 1 amide bonds. The molecule has 0 radical (unpaired) electrons. The number of hydrogen-bond acceptors (Lipinski definition) is 5. The van der Waals surface area contributed by atoms with Crippen LogP contribution in [0.5, 0.6) is 5.75 Å². The minimum atomic E-state index is -1.36. The zero-order chi connectivity index (χ0) is 23.6. The molecule has 0 bridgehead atoms. The number of phenols is 1. The minimum absolute atomic E-state index is 0.0469. The summed E-state index contributed by atoms with van der Waals surface area (Å²) in [5, 5.41) is 11.2. The molecule has 9 heteroatoms.